The first-order chi connectivity index (χ1) is 10.5. The van der Waals surface area contributed by atoms with Gasteiger partial charge in [0.1, 0.15) is 5.75 Å². The first-order valence-electron chi connectivity index (χ1n) is 6.71. The van der Waals surface area contributed by atoms with E-state index in [1.807, 2.05) is 6.92 Å². The minimum absolute atomic E-state index is 0.267. The van der Waals surface area contributed by atoms with E-state index in [1.165, 1.54) is 4.90 Å². The summed E-state index contributed by atoms with van der Waals surface area (Å²) < 4.78 is 5.08. The van der Waals surface area contributed by atoms with Crippen LogP contribution in [0.3, 0.4) is 0 Å². The van der Waals surface area contributed by atoms with Gasteiger partial charge in [0.25, 0.3) is 11.1 Å². The van der Waals surface area contributed by atoms with E-state index in [0.717, 1.165) is 11.8 Å². The van der Waals surface area contributed by atoms with Gasteiger partial charge in [0.15, 0.2) is 6.61 Å². The van der Waals surface area contributed by atoms with Crippen LogP contribution < -0.4 is 4.74 Å². The molecule has 1 aliphatic heterocycles. The average molecular weight is 321 g/mol. The number of hydrogen-bond acceptors (Lipinski definition) is 5. The lowest BCUT2D eigenvalue weighted by atomic mass is 10.2. The second-order valence-electron chi connectivity index (χ2n) is 4.59. The van der Waals surface area contributed by atoms with Gasteiger partial charge >= 0.3 is 5.97 Å². The van der Waals surface area contributed by atoms with Gasteiger partial charge < -0.3 is 9.84 Å². The van der Waals surface area contributed by atoms with Crippen LogP contribution in [0.4, 0.5) is 4.79 Å². The summed E-state index contributed by atoms with van der Waals surface area (Å²) in [5.74, 6) is -0.969. The Bertz CT molecular complexity index is 641. The first-order valence-corrected chi connectivity index (χ1v) is 7.53. The van der Waals surface area contributed by atoms with Crippen molar-refractivity contribution in [2.45, 2.75) is 13.3 Å². The zero-order valence-corrected chi connectivity index (χ0v) is 12.8. The molecule has 0 aromatic heterocycles. The summed E-state index contributed by atoms with van der Waals surface area (Å²) in [5.41, 5.74) is 0.671. The molecule has 6 nitrogen and oxygen atoms in total. The maximum absolute atomic E-state index is 12.1. The average Bonchev–Trinajstić information content (AvgIpc) is 2.74. The number of carboxylic acid groups (broad SMARTS) is 1. The molecule has 1 aromatic rings. The Balaban J connectivity index is 2.16. The smallest absolute Gasteiger partial charge is 0.341 e. The van der Waals surface area contributed by atoms with Crippen LogP contribution in [0.5, 0.6) is 5.75 Å². The highest BCUT2D eigenvalue weighted by atomic mass is 32.2. The van der Waals surface area contributed by atoms with E-state index >= 15 is 0 Å². The van der Waals surface area contributed by atoms with E-state index in [0.29, 0.717) is 29.2 Å². The topological polar surface area (TPSA) is 83.9 Å². The molecule has 0 aliphatic carbocycles. The van der Waals surface area contributed by atoms with Crippen LogP contribution >= 0.6 is 11.8 Å². The summed E-state index contributed by atoms with van der Waals surface area (Å²) in [5, 5.41) is 8.32. The summed E-state index contributed by atoms with van der Waals surface area (Å²) in [4.78, 5) is 35.9. The Morgan fingerprint density at radius 2 is 2.18 bits per heavy atom. The second-order valence-corrected chi connectivity index (χ2v) is 5.58. The highest BCUT2D eigenvalue weighted by Gasteiger charge is 2.34. The molecule has 2 amide bonds. The SMILES string of the molecule is CCCN1C(=O)S/C(=C/c2cccc(OCC(=O)O)c2)C1=O. The van der Waals surface area contributed by atoms with Crippen molar-refractivity contribution in [3.05, 3.63) is 34.7 Å². The molecule has 1 heterocycles. The van der Waals surface area contributed by atoms with E-state index in [2.05, 4.69) is 0 Å². The summed E-state index contributed by atoms with van der Waals surface area (Å²) >= 11 is 0.904. The van der Waals surface area contributed by atoms with Crippen LogP contribution in [0.2, 0.25) is 0 Å². The number of imide groups is 1. The van der Waals surface area contributed by atoms with E-state index in [1.54, 1.807) is 30.3 Å². The Kier molecular flexibility index (Phi) is 5.21. The third-order valence-electron chi connectivity index (χ3n) is 2.84. The van der Waals surface area contributed by atoms with Crippen molar-refractivity contribution in [1.29, 1.82) is 0 Å². The van der Waals surface area contributed by atoms with Crippen molar-refractivity contribution in [2.75, 3.05) is 13.2 Å². The van der Waals surface area contributed by atoms with Crippen molar-refractivity contribution < 1.29 is 24.2 Å². The number of carbonyl (C=O) groups is 3. The molecule has 0 atom stereocenters. The molecule has 2 rings (SSSR count). The zero-order valence-electron chi connectivity index (χ0n) is 11.9. The number of thioether (sulfide) groups is 1. The van der Waals surface area contributed by atoms with E-state index in [4.69, 9.17) is 9.84 Å². The molecular formula is C15H15NO5S. The monoisotopic (exact) mass is 321 g/mol. The normalized spacial score (nSPS) is 16.4. The van der Waals surface area contributed by atoms with Gasteiger partial charge in [-0.3, -0.25) is 14.5 Å². The molecule has 0 radical (unpaired) electrons. The predicted molar refractivity (Wildman–Crippen MR) is 82.5 cm³/mol. The third kappa shape index (κ3) is 3.88. The van der Waals surface area contributed by atoms with Crippen LogP contribution in [0.15, 0.2) is 29.2 Å². The van der Waals surface area contributed by atoms with Crippen LogP contribution in [0.1, 0.15) is 18.9 Å². The maximum atomic E-state index is 12.1. The van der Waals surface area contributed by atoms with Crippen LogP contribution in [0.25, 0.3) is 6.08 Å². The van der Waals surface area contributed by atoms with Crippen molar-refractivity contribution in [2.24, 2.45) is 0 Å². The van der Waals surface area contributed by atoms with E-state index in [-0.39, 0.29) is 11.1 Å². The third-order valence-corrected chi connectivity index (χ3v) is 3.75. The Morgan fingerprint density at radius 3 is 2.86 bits per heavy atom. The number of hydrogen-bond donors (Lipinski definition) is 1. The quantitative estimate of drug-likeness (QED) is 0.811. The van der Waals surface area contributed by atoms with E-state index in [9.17, 15) is 14.4 Å². The first kappa shape index (κ1) is 16.1. The highest BCUT2D eigenvalue weighted by Crippen LogP contribution is 2.32. The second kappa shape index (κ2) is 7.13. The van der Waals surface area contributed by atoms with Gasteiger partial charge in [0.05, 0.1) is 4.91 Å². The number of benzene rings is 1. The maximum Gasteiger partial charge on any atom is 0.341 e. The Hall–Kier alpha value is -2.28. The standard InChI is InChI=1S/C15H15NO5S/c1-2-6-16-14(19)12(22-15(16)20)8-10-4-3-5-11(7-10)21-9-13(17)18/h3-5,7-8H,2,6,9H2,1H3,(H,17,18)/b12-8+. The van der Waals surface area contributed by atoms with Crippen LogP contribution in [-0.4, -0.2) is 40.3 Å². The Morgan fingerprint density at radius 1 is 1.41 bits per heavy atom. The van der Waals surface area contributed by atoms with Crippen LogP contribution in [0, 0.1) is 0 Å². The highest BCUT2D eigenvalue weighted by molar-refractivity contribution is 8.18. The molecule has 0 unspecified atom stereocenters. The van der Waals surface area contributed by atoms with Crippen molar-refractivity contribution >= 4 is 35.0 Å². The number of nitrogens with zero attached hydrogens (tertiary/aromatic N) is 1. The molecule has 22 heavy (non-hydrogen) atoms. The van der Waals surface area contributed by atoms with Gasteiger partial charge in [-0.15, -0.1) is 0 Å². The van der Waals surface area contributed by atoms with Gasteiger partial charge in [-0.25, -0.2) is 4.79 Å². The van der Waals surface area contributed by atoms with Gasteiger partial charge in [-0.2, -0.15) is 0 Å². The van der Waals surface area contributed by atoms with Crippen LogP contribution in [-0.2, 0) is 9.59 Å². The molecule has 0 bridgehead atoms. The molecule has 0 saturated carbocycles. The van der Waals surface area contributed by atoms with E-state index < -0.39 is 12.6 Å². The lowest BCUT2D eigenvalue weighted by Crippen LogP contribution is -2.28. The fraction of sp³-hybridized carbons (Fsp3) is 0.267. The van der Waals surface area contributed by atoms with Gasteiger partial charge in [0, 0.05) is 6.54 Å². The zero-order chi connectivity index (χ0) is 16.1. The fourth-order valence-corrected chi connectivity index (χ4v) is 2.77. The molecule has 1 saturated heterocycles. The predicted octanol–water partition coefficient (Wildman–Crippen LogP) is 2.60. The van der Waals surface area contributed by atoms with Gasteiger partial charge in [-0.1, -0.05) is 19.1 Å². The molecule has 1 aliphatic rings. The molecule has 0 spiro atoms. The number of amides is 2. The number of ether oxygens (including phenoxy) is 1. The largest absolute Gasteiger partial charge is 0.482 e. The van der Waals surface area contributed by atoms with Crippen molar-refractivity contribution in [1.82, 2.24) is 4.90 Å². The van der Waals surface area contributed by atoms with Crippen molar-refractivity contribution in [3.8, 4) is 5.75 Å². The fourth-order valence-electron chi connectivity index (χ4n) is 1.91. The Labute approximate surface area is 131 Å². The molecule has 7 heteroatoms. The molecule has 1 N–H and O–H groups in total. The van der Waals surface area contributed by atoms with Gasteiger partial charge in [-0.05, 0) is 42.0 Å². The lowest BCUT2D eigenvalue weighted by Gasteiger charge is -2.09. The molecular weight excluding hydrogens is 306 g/mol. The van der Waals surface area contributed by atoms with Crippen molar-refractivity contribution in [3.63, 3.8) is 0 Å². The number of carboxylic acids is 1. The minimum Gasteiger partial charge on any atom is -0.482 e. The lowest BCUT2D eigenvalue weighted by molar-refractivity contribution is -0.139. The molecule has 116 valence electrons. The summed E-state index contributed by atoms with van der Waals surface area (Å²) in [7, 11) is 0. The van der Waals surface area contributed by atoms with Gasteiger partial charge in [0.2, 0.25) is 0 Å². The number of aliphatic carboxylic acids is 1. The summed E-state index contributed by atoms with van der Waals surface area (Å²) in [6.07, 6.45) is 2.32. The molecule has 1 aromatic carbocycles. The number of rotatable bonds is 6. The molecule has 1 fully saturated rings. The summed E-state index contributed by atoms with van der Waals surface area (Å²) in [6.45, 7) is 1.87. The summed E-state index contributed by atoms with van der Waals surface area (Å²) in [6, 6.07) is 6.70. The number of carbonyl (C=O) groups excluding carboxylic acids is 2. The minimum atomic E-state index is -1.06.